The molecule has 0 spiro atoms. The number of carbonyl (C=O) groups is 1. The van der Waals surface area contributed by atoms with Gasteiger partial charge in [0.05, 0.1) is 5.56 Å². The number of hydrogen-bond acceptors (Lipinski definition) is 2. The van der Waals surface area contributed by atoms with E-state index in [1.54, 1.807) is 0 Å². The first-order chi connectivity index (χ1) is 6.31. The zero-order valence-electron chi connectivity index (χ0n) is 7.00. The van der Waals surface area contributed by atoms with Crippen LogP contribution in [0.25, 0.3) is 0 Å². The van der Waals surface area contributed by atoms with Gasteiger partial charge in [-0.2, -0.15) is 0 Å². The van der Waals surface area contributed by atoms with Crippen LogP contribution in [0.1, 0.15) is 15.9 Å². The van der Waals surface area contributed by atoms with Crippen LogP contribution in [0.3, 0.4) is 0 Å². The molecule has 0 fully saturated rings. The summed E-state index contributed by atoms with van der Waals surface area (Å²) in [6.45, 7) is 0. The van der Waals surface area contributed by atoms with E-state index in [0.717, 1.165) is 12.0 Å². The number of esters is 1. The molecule has 1 aliphatic rings. The van der Waals surface area contributed by atoms with Gasteiger partial charge >= 0.3 is 5.97 Å². The Bertz CT molecular complexity index is 335. The fourth-order valence-corrected chi connectivity index (χ4v) is 1.85. The second kappa shape index (κ2) is 3.50. The summed E-state index contributed by atoms with van der Waals surface area (Å²) < 4.78 is 5.18. The number of halogens is 1. The first kappa shape index (κ1) is 8.75. The molecule has 1 aromatic carbocycles. The first-order valence-electron chi connectivity index (χ1n) is 4.16. The molecule has 0 amide bonds. The van der Waals surface area contributed by atoms with Crippen LogP contribution in [0.4, 0.5) is 0 Å². The molecule has 0 radical (unpaired) electrons. The maximum Gasteiger partial charge on any atom is 0.338 e. The van der Waals surface area contributed by atoms with Gasteiger partial charge < -0.3 is 4.74 Å². The molecule has 1 atom stereocenters. The lowest BCUT2D eigenvalue weighted by Gasteiger charge is -2.22. The molecule has 1 aromatic rings. The molecule has 0 unspecified atom stereocenters. The van der Waals surface area contributed by atoms with Crippen LogP contribution in [0.15, 0.2) is 24.3 Å². The highest BCUT2D eigenvalue weighted by Crippen LogP contribution is 2.20. The topological polar surface area (TPSA) is 26.3 Å². The molecule has 0 aromatic heterocycles. The van der Waals surface area contributed by atoms with Gasteiger partial charge in [-0.3, -0.25) is 0 Å². The third kappa shape index (κ3) is 1.61. The average molecular weight is 241 g/mol. The van der Waals surface area contributed by atoms with Gasteiger partial charge in [0.15, 0.2) is 0 Å². The zero-order valence-corrected chi connectivity index (χ0v) is 8.58. The number of benzene rings is 1. The molecule has 0 saturated heterocycles. The maximum atomic E-state index is 11.4. The lowest BCUT2D eigenvalue weighted by molar-refractivity contribution is 0.0313. The van der Waals surface area contributed by atoms with Crippen molar-refractivity contribution >= 4 is 21.9 Å². The molecule has 1 heterocycles. The third-order valence-electron chi connectivity index (χ3n) is 2.13. The van der Waals surface area contributed by atoms with Crippen LogP contribution in [-0.4, -0.2) is 17.4 Å². The van der Waals surface area contributed by atoms with Gasteiger partial charge in [-0.15, -0.1) is 0 Å². The standard InChI is InChI=1S/C10H9BrO2/c11-6-8-5-7-3-1-2-4-9(7)10(12)13-8/h1-4,8H,5-6H2/t8-/m0/s1. The number of fused-ring (bicyclic) bond motifs is 1. The van der Waals surface area contributed by atoms with Gasteiger partial charge in [-0.1, -0.05) is 34.1 Å². The molecule has 13 heavy (non-hydrogen) atoms. The zero-order chi connectivity index (χ0) is 9.26. The second-order valence-electron chi connectivity index (χ2n) is 3.04. The number of carbonyl (C=O) groups excluding carboxylic acids is 1. The van der Waals surface area contributed by atoms with E-state index in [9.17, 15) is 4.79 Å². The molecule has 0 bridgehead atoms. The summed E-state index contributed by atoms with van der Waals surface area (Å²) in [5.74, 6) is -0.202. The van der Waals surface area contributed by atoms with E-state index in [2.05, 4.69) is 15.9 Å². The molecule has 0 saturated carbocycles. The molecule has 3 heteroatoms. The monoisotopic (exact) mass is 240 g/mol. The Kier molecular flexibility index (Phi) is 2.36. The third-order valence-corrected chi connectivity index (χ3v) is 2.85. The van der Waals surface area contributed by atoms with Gasteiger partial charge in [-0.25, -0.2) is 4.79 Å². The van der Waals surface area contributed by atoms with Crippen LogP contribution in [-0.2, 0) is 11.2 Å². The first-order valence-corrected chi connectivity index (χ1v) is 5.28. The fourth-order valence-electron chi connectivity index (χ4n) is 1.49. The Labute approximate surface area is 85.0 Å². The summed E-state index contributed by atoms with van der Waals surface area (Å²) in [6, 6.07) is 7.59. The van der Waals surface area contributed by atoms with E-state index < -0.39 is 0 Å². The summed E-state index contributed by atoms with van der Waals surface area (Å²) in [4.78, 5) is 11.4. The number of hydrogen-bond donors (Lipinski definition) is 0. The van der Waals surface area contributed by atoms with Crippen LogP contribution >= 0.6 is 15.9 Å². The molecule has 0 aliphatic carbocycles. The molecule has 2 nitrogen and oxygen atoms in total. The summed E-state index contributed by atoms with van der Waals surface area (Å²) >= 11 is 3.31. The minimum Gasteiger partial charge on any atom is -0.458 e. The predicted octanol–water partition coefficient (Wildman–Crippen LogP) is 2.16. The smallest absolute Gasteiger partial charge is 0.338 e. The minimum atomic E-state index is -0.202. The van der Waals surface area contributed by atoms with Crippen LogP contribution < -0.4 is 0 Å². The van der Waals surface area contributed by atoms with Crippen LogP contribution in [0.5, 0.6) is 0 Å². The van der Waals surface area contributed by atoms with Gasteiger partial charge in [-0.05, 0) is 11.6 Å². The van der Waals surface area contributed by atoms with Crippen molar-refractivity contribution in [2.75, 3.05) is 5.33 Å². The Hall–Kier alpha value is -0.830. The van der Waals surface area contributed by atoms with Crippen molar-refractivity contribution in [3.05, 3.63) is 35.4 Å². The Morgan fingerprint density at radius 3 is 3.00 bits per heavy atom. The largest absolute Gasteiger partial charge is 0.458 e. The highest BCUT2D eigenvalue weighted by molar-refractivity contribution is 9.09. The highest BCUT2D eigenvalue weighted by atomic mass is 79.9. The number of rotatable bonds is 1. The average Bonchev–Trinajstić information content (AvgIpc) is 2.18. The number of cyclic esters (lactones) is 1. The van der Waals surface area contributed by atoms with E-state index >= 15 is 0 Å². The van der Waals surface area contributed by atoms with Crippen molar-refractivity contribution in [3.63, 3.8) is 0 Å². The Morgan fingerprint density at radius 2 is 2.23 bits per heavy atom. The summed E-state index contributed by atoms with van der Waals surface area (Å²) in [7, 11) is 0. The number of alkyl halides is 1. The summed E-state index contributed by atoms with van der Waals surface area (Å²) in [6.07, 6.45) is 0.801. The van der Waals surface area contributed by atoms with Crippen molar-refractivity contribution in [2.24, 2.45) is 0 Å². The van der Waals surface area contributed by atoms with E-state index in [0.29, 0.717) is 10.9 Å². The van der Waals surface area contributed by atoms with E-state index in [-0.39, 0.29) is 12.1 Å². The molecule has 1 aliphatic heterocycles. The summed E-state index contributed by atoms with van der Waals surface area (Å²) in [5, 5.41) is 0.701. The minimum absolute atomic E-state index is 0.0117. The van der Waals surface area contributed by atoms with Gasteiger partial charge in [0.1, 0.15) is 6.10 Å². The van der Waals surface area contributed by atoms with Crippen molar-refractivity contribution in [1.29, 1.82) is 0 Å². The quantitative estimate of drug-likeness (QED) is 0.556. The lowest BCUT2D eigenvalue weighted by atomic mass is 10.00. The van der Waals surface area contributed by atoms with Crippen molar-refractivity contribution in [2.45, 2.75) is 12.5 Å². The maximum absolute atomic E-state index is 11.4. The SMILES string of the molecule is O=C1O[C@H](CBr)Cc2ccccc21. The molecule has 0 N–H and O–H groups in total. The van der Waals surface area contributed by atoms with Crippen molar-refractivity contribution in [1.82, 2.24) is 0 Å². The molecular weight excluding hydrogens is 232 g/mol. The Balaban J connectivity index is 2.37. The lowest BCUT2D eigenvalue weighted by Crippen LogP contribution is -2.28. The van der Waals surface area contributed by atoms with Crippen LogP contribution in [0, 0.1) is 0 Å². The predicted molar refractivity (Wildman–Crippen MR) is 53.1 cm³/mol. The van der Waals surface area contributed by atoms with Crippen LogP contribution in [0.2, 0.25) is 0 Å². The van der Waals surface area contributed by atoms with Gasteiger partial charge in [0, 0.05) is 11.8 Å². The van der Waals surface area contributed by atoms with E-state index in [4.69, 9.17) is 4.74 Å². The fraction of sp³-hybridized carbons (Fsp3) is 0.300. The van der Waals surface area contributed by atoms with Gasteiger partial charge in [0.25, 0.3) is 0 Å². The van der Waals surface area contributed by atoms with E-state index in [1.807, 2.05) is 24.3 Å². The molecule has 68 valence electrons. The molecular formula is C10H9BrO2. The summed E-state index contributed by atoms with van der Waals surface area (Å²) in [5.41, 5.74) is 1.79. The van der Waals surface area contributed by atoms with Gasteiger partial charge in [0.2, 0.25) is 0 Å². The molecule has 2 rings (SSSR count). The van der Waals surface area contributed by atoms with Crippen molar-refractivity contribution < 1.29 is 9.53 Å². The Morgan fingerprint density at radius 1 is 1.46 bits per heavy atom. The normalized spacial score (nSPS) is 20.7. The van der Waals surface area contributed by atoms with E-state index in [1.165, 1.54) is 0 Å². The second-order valence-corrected chi connectivity index (χ2v) is 3.69. The highest BCUT2D eigenvalue weighted by Gasteiger charge is 2.24. The number of ether oxygens (including phenoxy) is 1. The van der Waals surface area contributed by atoms with Crippen molar-refractivity contribution in [3.8, 4) is 0 Å².